The summed E-state index contributed by atoms with van der Waals surface area (Å²) in [6, 6.07) is 13.3. The maximum atomic E-state index is 13.1. The van der Waals surface area contributed by atoms with Crippen LogP contribution in [0.2, 0.25) is 5.02 Å². The zero-order valence-corrected chi connectivity index (χ0v) is 22.2. The molecule has 0 aliphatic heterocycles. The van der Waals surface area contributed by atoms with E-state index >= 15 is 0 Å². The summed E-state index contributed by atoms with van der Waals surface area (Å²) in [6.07, 6.45) is 0. The summed E-state index contributed by atoms with van der Waals surface area (Å²) < 4.78 is 39.9. The Bertz CT molecular complexity index is 1510. The molecule has 11 heteroatoms. The van der Waals surface area contributed by atoms with Gasteiger partial charge in [0.05, 0.1) is 39.3 Å². The van der Waals surface area contributed by atoms with Gasteiger partial charge in [-0.3, -0.25) is 9.48 Å². The van der Waals surface area contributed by atoms with Crippen molar-refractivity contribution in [2.24, 2.45) is 0 Å². The molecule has 1 amide bonds. The summed E-state index contributed by atoms with van der Waals surface area (Å²) in [5.41, 5.74) is 2.03. The number of anilines is 1. The first-order valence-corrected chi connectivity index (χ1v) is 13.0. The molecule has 0 aliphatic rings. The molecule has 35 heavy (non-hydrogen) atoms. The number of furan rings is 1. The van der Waals surface area contributed by atoms with Crippen LogP contribution in [-0.2, 0) is 16.4 Å². The number of hydrogen-bond acceptors (Lipinski definition) is 6. The zero-order valence-electron chi connectivity index (χ0n) is 19.0. The fourth-order valence-corrected chi connectivity index (χ4v) is 5.15. The molecule has 0 saturated heterocycles. The standard InChI is InChI=1S/C24H21BrClN3O5S/c1-14-23(25)15(2)29(28-14)13-18-6-9-22(34-18)24(30)27-17-10-19(33-3)12-21(11-17)35(31,32)20-7-4-16(26)5-8-20/h4-12H,13H2,1-3H3,(H,27,30). The van der Waals surface area contributed by atoms with Crippen molar-refractivity contribution >= 4 is 49.0 Å². The van der Waals surface area contributed by atoms with Gasteiger partial charge in [-0.25, -0.2) is 8.42 Å². The Balaban J connectivity index is 1.57. The minimum Gasteiger partial charge on any atom is -0.497 e. The lowest BCUT2D eigenvalue weighted by molar-refractivity contribution is 0.0994. The molecule has 2 aromatic carbocycles. The lowest BCUT2D eigenvalue weighted by Gasteiger charge is -2.11. The Labute approximate surface area is 215 Å². The molecule has 1 N–H and O–H groups in total. The average Bonchev–Trinajstić information content (AvgIpc) is 3.40. The van der Waals surface area contributed by atoms with Crippen LogP contribution in [0.15, 0.2) is 73.3 Å². The molecule has 4 aromatic rings. The first kappa shape index (κ1) is 25.0. The van der Waals surface area contributed by atoms with Crippen LogP contribution in [0.1, 0.15) is 27.7 Å². The van der Waals surface area contributed by atoms with Crippen molar-refractivity contribution < 1.29 is 22.4 Å². The Hall–Kier alpha value is -3.08. The highest BCUT2D eigenvalue weighted by Crippen LogP contribution is 2.29. The number of hydrogen-bond donors (Lipinski definition) is 1. The zero-order chi connectivity index (χ0) is 25.3. The van der Waals surface area contributed by atoms with Crippen LogP contribution in [-0.4, -0.2) is 31.2 Å². The fourth-order valence-electron chi connectivity index (χ4n) is 3.42. The number of rotatable bonds is 7. The number of aromatic nitrogens is 2. The van der Waals surface area contributed by atoms with Gasteiger partial charge in [0.25, 0.3) is 5.91 Å². The predicted molar refractivity (Wildman–Crippen MR) is 135 cm³/mol. The van der Waals surface area contributed by atoms with Crippen LogP contribution in [0.5, 0.6) is 5.75 Å². The van der Waals surface area contributed by atoms with Crippen LogP contribution in [0.25, 0.3) is 0 Å². The molecular formula is C24H21BrClN3O5S. The van der Waals surface area contributed by atoms with Crippen molar-refractivity contribution in [3.63, 3.8) is 0 Å². The second kappa shape index (κ2) is 9.88. The van der Waals surface area contributed by atoms with Gasteiger partial charge < -0.3 is 14.5 Å². The lowest BCUT2D eigenvalue weighted by atomic mass is 10.3. The van der Waals surface area contributed by atoms with E-state index in [1.807, 2.05) is 13.8 Å². The van der Waals surface area contributed by atoms with Gasteiger partial charge in [-0.05, 0) is 78.3 Å². The number of carbonyl (C=O) groups excluding carboxylic acids is 1. The summed E-state index contributed by atoms with van der Waals surface area (Å²) in [4.78, 5) is 12.9. The van der Waals surface area contributed by atoms with Gasteiger partial charge in [-0.2, -0.15) is 5.10 Å². The molecule has 2 aromatic heterocycles. The van der Waals surface area contributed by atoms with Gasteiger partial charge >= 0.3 is 0 Å². The largest absolute Gasteiger partial charge is 0.497 e. The third kappa shape index (κ3) is 5.29. The van der Waals surface area contributed by atoms with Gasteiger partial charge in [0.2, 0.25) is 9.84 Å². The molecule has 0 saturated carbocycles. The highest BCUT2D eigenvalue weighted by molar-refractivity contribution is 9.10. The Morgan fingerprint density at radius 2 is 1.83 bits per heavy atom. The summed E-state index contributed by atoms with van der Waals surface area (Å²) in [6.45, 7) is 4.18. The first-order valence-electron chi connectivity index (χ1n) is 10.4. The molecule has 8 nitrogen and oxygen atoms in total. The molecular weight excluding hydrogens is 558 g/mol. The number of sulfone groups is 1. The van der Waals surface area contributed by atoms with Gasteiger partial charge in [-0.15, -0.1) is 0 Å². The molecule has 0 fully saturated rings. The third-order valence-corrected chi connectivity index (χ3v) is 8.44. The smallest absolute Gasteiger partial charge is 0.291 e. The highest BCUT2D eigenvalue weighted by atomic mass is 79.9. The number of methoxy groups -OCH3 is 1. The van der Waals surface area contributed by atoms with E-state index in [2.05, 4.69) is 26.3 Å². The van der Waals surface area contributed by atoms with Crippen molar-refractivity contribution in [2.75, 3.05) is 12.4 Å². The summed E-state index contributed by atoms with van der Waals surface area (Å²) in [5.74, 6) is 0.356. The highest BCUT2D eigenvalue weighted by Gasteiger charge is 2.21. The molecule has 0 aliphatic carbocycles. The van der Waals surface area contributed by atoms with Crippen LogP contribution >= 0.6 is 27.5 Å². The van der Waals surface area contributed by atoms with Crippen LogP contribution < -0.4 is 10.1 Å². The van der Waals surface area contributed by atoms with E-state index in [1.165, 1.54) is 49.6 Å². The van der Waals surface area contributed by atoms with Gasteiger partial charge in [0.15, 0.2) is 5.76 Å². The predicted octanol–water partition coefficient (Wildman–Crippen LogP) is 5.65. The molecule has 0 radical (unpaired) electrons. The van der Waals surface area contributed by atoms with E-state index in [4.69, 9.17) is 20.8 Å². The minimum absolute atomic E-state index is 0.0373. The topological polar surface area (TPSA) is 103 Å². The summed E-state index contributed by atoms with van der Waals surface area (Å²) >= 11 is 9.37. The second-order valence-corrected chi connectivity index (χ2v) is 10.9. The molecule has 0 bridgehead atoms. The van der Waals surface area contributed by atoms with Gasteiger partial charge in [0, 0.05) is 16.8 Å². The maximum absolute atomic E-state index is 13.1. The van der Waals surface area contributed by atoms with Crippen LogP contribution in [0, 0.1) is 13.8 Å². The van der Waals surface area contributed by atoms with Crippen LogP contribution in [0.3, 0.4) is 0 Å². The minimum atomic E-state index is -3.87. The quantitative estimate of drug-likeness (QED) is 0.304. The number of halogens is 2. The molecule has 4 rings (SSSR count). The van der Waals surface area contributed by atoms with Gasteiger partial charge in [0.1, 0.15) is 11.5 Å². The lowest BCUT2D eigenvalue weighted by Crippen LogP contribution is -2.12. The fraction of sp³-hybridized carbons (Fsp3) is 0.167. The Morgan fingerprint density at radius 1 is 1.11 bits per heavy atom. The number of nitrogens with zero attached hydrogens (tertiary/aromatic N) is 2. The maximum Gasteiger partial charge on any atom is 0.291 e. The normalized spacial score (nSPS) is 11.5. The van der Waals surface area contributed by atoms with E-state index in [-0.39, 0.29) is 27.0 Å². The molecule has 0 unspecified atom stereocenters. The van der Waals surface area contributed by atoms with Crippen molar-refractivity contribution in [1.29, 1.82) is 0 Å². The van der Waals surface area contributed by atoms with Crippen molar-refractivity contribution in [1.82, 2.24) is 9.78 Å². The van der Waals surface area contributed by atoms with E-state index in [9.17, 15) is 13.2 Å². The number of benzene rings is 2. The monoisotopic (exact) mass is 577 g/mol. The first-order chi connectivity index (χ1) is 16.6. The average molecular weight is 579 g/mol. The number of amides is 1. The van der Waals surface area contributed by atoms with E-state index in [1.54, 1.807) is 16.8 Å². The number of nitrogens with one attached hydrogen (secondary N) is 1. The van der Waals surface area contributed by atoms with Crippen LogP contribution in [0.4, 0.5) is 5.69 Å². The van der Waals surface area contributed by atoms with Crippen molar-refractivity contribution in [3.8, 4) is 5.75 Å². The van der Waals surface area contributed by atoms with E-state index in [0.29, 0.717) is 17.3 Å². The molecule has 182 valence electrons. The Morgan fingerprint density at radius 3 is 2.46 bits per heavy atom. The third-order valence-electron chi connectivity index (χ3n) is 5.29. The molecule has 0 atom stereocenters. The summed E-state index contributed by atoms with van der Waals surface area (Å²) in [5, 5.41) is 7.54. The number of aryl methyl sites for hydroxylation is 1. The van der Waals surface area contributed by atoms with Crippen molar-refractivity contribution in [3.05, 3.63) is 87.0 Å². The van der Waals surface area contributed by atoms with E-state index < -0.39 is 15.7 Å². The number of carbonyl (C=O) groups is 1. The molecule has 2 heterocycles. The second-order valence-electron chi connectivity index (χ2n) is 7.72. The van der Waals surface area contributed by atoms with Crippen molar-refractivity contribution in [2.45, 2.75) is 30.2 Å². The SMILES string of the molecule is COc1cc(NC(=O)c2ccc(Cn3nc(C)c(Br)c3C)o2)cc(S(=O)(=O)c2ccc(Cl)cc2)c1. The summed E-state index contributed by atoms with van der Waals surface area (Å²) in [7, 11) is -2.46. The van der Waals surface area contributed by atoms with E-state index in [0.717, 1.165) is 15.9 Å². The Kier molecular flexibility index (Phi) is 7.07. The van der Waals surface area contributed by atoms with Gasteiger partial charge in [-0.1, -0.05) is 11.6 Å². The molecule has 0 spiro atoms. The number of ether oxygens (including phenoxy) is 1.